The minimum atomic E-state index is -3.63. The molecule has 2 unspecified atom stereocenters. The molecule has 1 aromatic rings. The predicted molar refractivity (Wildman–Crippen MR) is 76.6 cm³/mol. The average Bonchev–Trinajstić information content (AvgIpc) is 2.93. The van der Waals surface area contributed by atoms with Crippen LogP contribution in [0, 0.1) is 0 Å². The van der Waals surface area contributed by atoms with Gasteiger partial charge in [0, 0.05) is 19.1 Å². The van der Waals surface area contributed by atoms with Crippen molar-refractivity contribution in [3.05, 3.63) is 17.7 Å². The topological polar surface area (TPSA) is 84.4 Å². The van der Waals surface area contributed by atoms with Gasteiger partial charge in [-0.15, -0.1) is 0 Å². The molecule has 21 heavy (non-hydrogen) atoms. The lowest BCUT2D eigenvalue weighted by Gasteiger charge is -2.35. The van der Waals surface area contributed by atoms with E-state index in [1.807, 2.05) is 0 Å². The molecule has 116 valence electrons. The second-order valence-electron chi connectivity index (χ2n) is 5.29. The second kappa shape index (κ2) is 6.13. The minimum absolute atomic E-state index is 0.00163. The van der Waals surface area contributed by atoms with Crippen molar-refractivity contribution >= 4 is 21.6 Å². The van der Waals surface area contributed by atoms with Gasteiger partial charge in [-0.3, -0.25) is 4.90 Å². The van der Waals surface area contributed by atoms with Gasteiger partial charge in [0.25, 0.3) is 0 Å². The molecule has 9 heteroatoms. The van der Waals surface area contributed by atoms with Crippen molar-refractivity contribution in [3.8, 4) is 0 Å². The molecule has 3 heterocycles. The van der Waals surface area contributed by atoms with Gasteiger partial charge in [-0.25, -0.2) is 23.1 Å². The normalized spacial score (nSPS) is 26.7. The quantitative estimate of drug-likeness (QED) is 0.797. The van der Waals surface area contributed by atoms with Crippen molar-refractivity contribution in [2.45, 2.75) is 29.9 Å². The molecule has 2 saturated heterocycles. The number of ether oxygens (including phenoxy) is 1. The Morgan fingerprint density at radius 2 is 2.19 bits per heavy atom. The van der Waals surface area contributed by atoms with Crippen LogP contribution in [-0.2, 0) is 14.8 Å². The van der Waals surface area contributed by atoms with Crippen LogP contribution >= 0.6 is 11.6 Å². The molecule has 1 N–H and O–H groups in total. The summed E-state index contributed by atoms with van der Waals surface area (Å²) in [6.45, 7) is 2.76. The minimum Gasteiger partial charge on any atom is -0.374 e. The molecule has 2 fully saturated rings. The summed E-state index contributed by atoms with van der Waals surface area (Å²) < 4.78 is 32.5. The number of halogens is 1. The first-order valence-corrected chi connectivity index (χ1v) is 8.73. The number of hydrogen-bond donors (Lipinski definition) is 1. The summed E-state index contributed by atoms with van der Waals surface area (Å²) in [5, 5.41) is 0.0182. The van der Waals surface area contributed by atoms with Crippen molar-refractivity contribution in [1.29, 1.82) is 0 Å². The number of hydrogen-bond acceptors (Lipinski definition) is 6. The van der Waals surface area contributed by atoms with Gasteiger partial charge in [0.2, 0.25) is 15.3 Å². The summed E-state index contributed by atoms with van der Waals surface area (Å²) in [6, 6.07) is 0.502. The number of nitrogens with one attached hydrogen (secondary N) is 1. The first kappa shape index (κ1) is 15.1. The van der Waals surface area contributed by atoms with E-state index in [-0.39, 0.29) is 22.8 Å². The van der Waals surface area contributed by atoms with Gasteiger partial charge in [0.05, 0.1) is 25.1 Å². The van der Waals surface area contributed by atoms with E-state index >= 15 is 0 Å². The van der Waals surface area contributed by atoms with Gasteiger partial charge in [0.1, 0.15) is 4.90 Å². The van der Waals surface area contributed by atoms with Crippen molar-refractivity contribution in [1.82, 2.24) is 19.6 Å². The molecule has 3 rings (SSSR count). The Kier molecular flexibility index (Phi) is 4.41. The molecule has 0 aromatic carbocycles. The van der Waals surface area contributed by atoms with Crippen LogP contribution in [0.5, 0.6) is 0 Å². The fourth-order valence-corrected chi connectivity index (χ4v) is 3.79. The number of morpholine rings is 1. The maximum Gasteiger partial charge on any atom is 0.243 e. The van der Waals surface area contributed by atoms with Crippen molar-refractivity contribution in [2.24, 2.45) is 0 Å². The number of fused-ring (bicyclic) bond motifs is 1. The maximum atomic E-state index is 12.1. The summed E-state index contributed by atoms with van der Waals surface area (Å²) >= 11 is 5.55. The summed E-state index contributed by atoms with van der Waals surface area (Å²) in [4.78, 5) is 9.73. The summed E-state index contributed by atoms with van der Waals surface area (Å²) in [7, 11) is -3.63. The third-order valence-corrected chi connectivity index (χ3v) is 5.44. The Labute approximate surface area is 128 Å². The Morgan fingerprint density at radius 1 is 1.43 bits per heavy atom. The fraction of sp³-hybridized carbons (Fsp3) is 0.667. The fourth-order valence-electron chi connectivity index (χ4n) is 2.73. The number of nitrogens with zero attached hydrogens (tertiary/aromatic N) is 3. The van der Waals surface area contributed by atoms with E-state index < -0.39 is 10.0 Å². The number of sulfonamides is 1. The molecule has 0 aliphatic carbocycles. The van der Waals surface area contributed by atoms with Gasteiger partial charge in [-0.1, -0.05) is 0 Å². The van der Waals surface area contributed by atoms with Gasteiger partial charge >= 0.3 is 0 Å². The van der Waals surface area contributed by atoms with Crippen LogP contribution in [0.1, 0.15) is 12.8 Å². The SMILES string of the molecule is O=S(=O)(NCC1CN2CCCC2CO1)c1cnc(Cl)nc1. The van der Waals surface area contributed by atoms with Gasteiger partial charge in [-0.2, -0.15) is 0 Å². The molecule has 2 aliphatic rings. The molecule has 0 amide bonds. The van der Waals surface area contributed by atoms with Crippen LogP contribution in [0.2, 0.25) is 5.28 Å². The van der Waals surface area contributed by atoms with Crippen LogP contribution in [-0.4, -0.2) is 61.7 Å². The Bertz CT molecular complexity index is 595. The second-order valence-corrected chi connectivity index (χ2v) is 7.39. The zero-order chi connectivity index (χ0) is 14.9. The summed E-state index contributed by atoms with van der Waals surface area (Å²) in [6.07, 6.45) is 4.61. The lowest BCUT2D eigenvalue weighted by atomic mass is 10.2. The lowest BCUT2D eigenvalue weighted by molar-refractivity contribution is -0.0449. The first-order chi connectivity index (χ1) is 10.0. The van der Waals surface area contributed by atoms with E-state index in [0.29, 0.717) is 12.6 Å². The molecule has 0 saturated carbocycles. The lowest BCUT2D eigenvalue weighted by Crippen LogP contribution is -2.50. The first-order valence-electron chi connectivity index (χ1n) is 6.87. The Balaban J connectivity index is 1.58. The van der Waals surface area contributed by atoms with E-state index in [4.69, 9.17) is 16.3 Å². The monoisotopic (exact) mass is 332 g/mol. The highest BCUT2D eigenvalue weighted by atomic mass is 35.5. The third kappa shape index (κ3) is 3.51. The van der Waals surface area contributed by atoms with E-state index in [0.717, 1.165) is 13.1 Å². The molecule has 0 radical (unpaired) electrons. The molecule has 7 nitrogen and oxygen atoms in total. The van der Waals surface area contributed by atoms with Crippen molar-refractivity contribution in [3.63, 3.8) is 0 Å². The molecule has 2 atom stereocenters. The zero-order valence-electron chi connectivity index (χ0n) is 11.4. The van der Waals surface area contributed by atoms with Crippen LogP contribution in [0.25, 0.3) is 0 Å². The highest BCUT2D eigenvalue weighted by Crippen LogP contribution is 2.22. The standard InChI is InChI=1S/C12H17ClN4O3S/c13-12-14-5-11(6-15-12)21(18,19)16-4-10-7-17-3-1-2-9(17)8-20-10/h5-6,9-10,16H,1-4,7-8H2. The number of rotatable bonds is 4. The number of aromatic nitrogens is 2. The van der Waals surface area contributed by atoms with E-state index in [9.17, 15) is 8.42 Å². The third-order valence-electron chi connectivity index (χ3n) is 3.87. The summed E-state index contributed by atoms with van der Waals surface area (Å²) in [5.74, 6) is 0. The molecular weight excluding hydrogens is 316 g/mol. The highest BCUT2D eigenvalue weighted by Gasteiger charge is 2.32. The average molecular weight is 333 g/mol. The maximum absolute atomic E-state index is 12.1. The van der Waals surface area contributed by atoms with Crippen LogP contribution < -0.4 is 4.72 Å². The van der Waals surface area contributed by atoms with E-state index in [2.05, 4.69) is 19.6 Å². The van der Waals surface area contributed by atoms with Crippen molar-refractivity contribution in [2.75, 3.05) is 26.2 Å². The van der Waals surface area contributed by atoms with E-state index in [1.165, 1.54) is 25.2 Å². The largest absolute Gasteiger partial charge is 0.374 e. The van der Waals surface area contributed by atoms with Gasteiger partial charge in [0.15, 0.2) is 0 Å². The van der Waals surface area contributed by atoms with Crippen molar-refractivity contribution < 1.29 is 13.2 Å². The van der Waals surface area contributed by atoms with Crippen LogP contribution in [0.15, 0.2) is 17.3 Å². The molecular formula is C12H17ClN4O3S. The Morgan fingerprint density at radius 3 is 2.95 bits per heavy atom. The van der Waals surface area contributed by atoms with Gasteiger partial charge in [-0.05, 0) is 31.0 Å². The molecule has 0 bridgehead atoms. The predicted octanol–water partition coefficient (Wildman–Crippen LogP) is 0.271. The zero-order valence-corrected chi connectivity index (χ0v) is 13.0. The molecule has 0 spiro atoms. The van der Waals surface area contributed by atoms with Gasteiger partial charge < -0.3 is 4.74 Å². The highest BCUT2D eigenvalue weighted by molar-refractivity contribution is 7.89. The van der Waals surface area contributed by atoms with Crippen LogP contribution in [0.3, 0.4) is 0 Å². The smallest absolute Gasteiger partial charge is 0.243 e. The Hall–Kier alpha value is -0.800. The molecule has 2 aliphatic heterocycles. The van der Waals surface area contributed by atoms with Crippen LogP contribution in [0.4, 0.5) is 0 Å². The molecule has 1 aromatic heterocycles. The summed E-state index contributed by atoms with van der Waals surface area (Å²) in [5.41, 5.74) is 0. The van der Waals surface area contributed by atoms with E-state index in [1.54, 1.807) is 0 Å².